The van der Waals surface area contributed by atoms with Gasteiger partial charge >= 0.3 is 11.9 Å². The minimum absolute atomic E-state index is 0.148. The molecule has 0 aliphatic carbocycles. The van der Waals surface area contributed by atoms with E-state index in [0.717, 1.165) is 11.1 Å². The number of benzene rings is 2. The van der Waals surface area contributed by atoms with Crippen LogP contribution in [0.2, 0.25) is 0 Å². The Kier molecular flexibility index (Phi) is 7.05. The Morgan fingerprint density at radius 2 is 1.89 bits per heavy atom. The summed E-state index contributed by atoms with van der Waals surface area (Å²) >= 11 is 0. The number of phenols is 1. The van der Waals surface area contributed by atoms with Gasteiger partial charge in [-0.15, -0.1) is 0 Å². The second-order valence-corrected chi connectivity index (χ2v) is 5.84. The van der Waals surface area contributed by atoms with Gasteiger partial charge in [0.15, 0.2) is 18.1 Å². The van der Waals surface area contributed by atoms with Gasteiger partial charge in [0.2, 0.25) is 0 Å². The molecule has 7 heteroatoms. The molecule has 0 fully saturated rings. The summed E-state index contributed by atoms with van der Waals surface area (Å²) in [5.41, 5.74) is 2.42. The standard InChI is InChI=1S/C20H23NO6/c1-4-25-20(24)12-26-18-8-6-15(10-19(18)27-14(3)22)11-21-16-9-13(2)5-7-17(16)23/h5-10,21,23H,4,11-12H2,1-3H3. The van der Waals surface area contributed by atoms with Gasteiger partial charge in [0.1, 0.15) is 5.75 Å². The van der Waals surface area contributed by atoms with Gasteiger partial charge in [-0.25, -0.2) is 4.79 Å². The number of nitrogens with one attached hydrogen (secondary N) is 1. The van der Waals surface area contributed by atoms with Crippen LogP contribution in [0.1, 0.15) is 25.0 Å². The third kappa shape index (κ3) is 6.22. The summed E-state index contributed by atoms with van der Waals surface area (Å²) in [4.78, 5) is 22.8. The molecule has 0 unspecified atom stereocenters. The molecule has 0 spiro atoms. The van der Waals surface area contributed by atoms with Crippen molar-refractivity contribution >= 4 is 17.6 Å². The van der Waals surface area contributed by atoms with Crippen LogP contribution in [0.3, 0.4) is 0 Å². The smallest absolute Gasteiger partial charge is 0.344 e. The Hall–Kier alpha value is -3.22. The summed E-state index contributed by atoms with van der Waals surface area (Å²) in [5, 5.41) is 13.0. The fraction of sp³-hybridized carbons (Fsp3) is 0.300. The first-order chi connectivity index (χ1) is 12.9. The fourth-order valence-corrected chi connectivity index (χ4v) is 2.34. The predicted octanol–water partition coefficient (Wildman–Crippen LogP) is 3.18. The maximum Gasteiger partial charge on any atom is 0.344 e. The molecule has 7 nitrogen and oxygen atoms in total. The summed E-state index contributed by atoms with van der Waals surface area (Å²) in [7, 11) is 0. The number of hydrogen-bond acceptors (Lipinski definition) is 7. The maximum atomic E-state index is 11.4. The molecule has 0 aliphatic rings. The SMILES string of the molecule is CCOC(=O)COc1ccc(CNc2cc(C)ccc2O)cc1OC(C)=O. The molecule has 2 aromatic carbocycles. The van der Waals surface area contributed by atoms with E-state index in [1.54, 1.807) is 31.2 Å². The number of hydrogen-bond donors (Lipinski definition) is 2. The van der Waals surface area contributed by atoms with Crippen molar-refractivity contribution in [3.8, 4) is 17.2 Å². The highest BCUT2D eigenvalue weighted by molar-refractivity contribution is 5.72. The van der Waals surface area contributed by atoms with Gasteiger partial charge in [-0.05, 0) is 49.2 Å². The van der Waals surface area contributed by atoms with Crippen LogP contribution in [0.15, 0.2) is 36.4 Å². The summed E-state index contributed by atoms with van der Waals surface area (Å²) in [6, 6.07) is 10.3. The van der Waals surface area contributed by atoms with E-state index >= 15 is 0 Å². The second-order valence-electron chi connectivity index (χ2n) is 5.84. The first-order valence-electron chi connectivity index (χ1n) is 8.52. The van der Waals surface area contributed by atoms with Crippen molar-refractivity contribution in [1.29, 1.82) is 0 Å². The zero-order valence-electron chi connectivity index (χ0n) is 15.6. The van der Waals surface area contributed by atoms with Crippen LogP contribution in [0, 0.1) is 6.92 Å². The molecule has 0 saturated heterocycles. The zero-order valence-corrected chi connectivity index (χ0v) is 15.6. The lowest BCUT2D eigenvalue weighted by atomic mass is 10.1. The van der Waals surface area contributed by atoms with E-state index in [1.807, 2.05) is 19.1 Å². The minimum Gasteiger partial charge on any atom is -0.506 e. The molecular weight excluding hydrogens is 350 g/mol. The predicted molar refractivity (Wildman–Crippen MR) is 100 cm³/mol. The first kappa shape index (κ1) is 20.1. The largest absolute Gasteiger partial charge is 0.506 e. The third-order valence-corrected chi connectivity index (χ3v) is 3.55. The van der Waals surface area contributed by atoms with E-state index < -0.39 is 11.9 Å². The molecule has 0 atom stereocenters. The zero-order chi connectivity index (χ0) is 19.8. The van der Waals surface area contributed by atoms with E-state index in [4.69, 9.17) is 14.2 Å². The Bertz CT molecular complexity index is 818. The van der Waals surface area contributed by atoms with E-state index in [2.05, 4.69) is 5.32 Å². The number of aromatic hydroxyl groups is 1. The topological polar surface area (TPSA) is 94.1 Å². The number of anilines is 1. The average Bonchev–Trinajstić information content (AvgIpc) is 2.61. The fourth-order valence-electron chi connectivity index (χ4n) is 2.34. The number of phenolic OH excluding ortho intramolecular Hbond substituents is 1. The second kappa shape index (κ2) is 9.47. The number of rotatable bonds is 8. The highest BCUT2D eigenvalue weighted by Crippen LogP contribution is 2.30. The van der Waals surface area contributed by atoms with Crippen molar-refractivity contribution < 1.29 is 28.9 Å². The molecule has 0 amide bonds. The normalized spacial score (nSPS) is 10.2. The van der Waals surface area contributed by atoms with Crippen LogP contribution >= 0.6 is 0 Å². The van der Waals surface area contributed by atoms with E-state index in [9.17, 15) is 14.7 Å². The molecule has 2 aromatic rings. The van der Waals surface area contributed by atoms with E-state index in [1.165, 1.54) is 6.92 Å². The first-order valence-corrected chi connectivity index (χ1v) is 8.52. The molecular formula is C20H23NO6. The van der Waals surface area contributed by atoms with Gasteiger partial charge in [0.25, 0.3) is 0 Å². The lowest BCUT2D eigenvalue weighted by Gasteiger charge is -2.13. The van der Waals surface area contributed by atoms with Gasteiger partial charge in [0.05, 0.1) is 12.3 Å². The van der Waals surface area contributed by atoms with Crippen molar-refractivity contribution in [2.75, 3.05) is 18.5 Å². The Morgan fingerprint density at radius 1 is 1.11 bits per heavy atom. The minimum atomic E-state index is -0.507. The Morgan fingerprint density at radius 3 is 2.59 bits per heavy atom. The lowest BCUT2D eigenvalue weighted by Crippen LogP contribution is -2.15. The molecule has 0 heterocycles. The number of ether oxygens (including phenoxy) is 3. The third-order valence-electron chi connectivity index (χ3n) is 3.55. The van der Waals surface area contributed by atoms with Gasteiger partial charge in [-0.1, -0.05) is 12.1 Å². The number of carbonyl (C=O) groups is 2. The van der Waals surface area contributed by atoms with Crippen molar-refractivity contribution in [2.45, 2.75) is 27.3 Å². The van der Waals surface area contributed by atoms with Gasteiger partial charge in [-0.3, -0.25) is 4.79 Å². The summed E-state index contributed by atoms with van der Waals surface area (Å²) in [5.74, 6) is -0.389. The van der Waals surface area contributed by atoms with Crippen molar-refractivity contribution in [3.63, 3.8) is 0 Å². The number of aryl methyl sites for hydroxylation is 1. The monoisotopic (exact) mass is 373 g/mol. The van der Waals surface area contributed by atoms with Crippen molar-refractivity contribution in [2.24, 2.45) is 0 Å². The summed E-state index contributed by atoms with van der Waals surface area (Å²) < 4.78 is 15.4. The van der Waals surface area contributed by atoms with Gasteiger partial charge in [-0.2, -0.15) is 0 Å². The van der Waals surface area contributed by atoms with E-state index in [0.29, 0.717) is 12.2 Å². The van der Waals surface area contributed by atoms with Crippen LogP contribution in [0.5, 0.6) is 17.2 Å². The van der Waals surface area contributed by atoms with E-state index in [-0.39, 0.29) is 30.5 Å². The van der Waals surface area contributed by atoms with Crippen molar-refractivity contribution in [1.82, 2.24) is 0 Å². The molecule has 0 saturated carbocycles. The molecule has 0 aliphatic heterocycles. The molecule has 27 heavy (non-hydrogen) atoms. The molecule has 2 N–H and O–H groups in total. The van der Waals surface area contributed by atoms with Crippen molar-refractivity contribution in [3.05, 3.63) is 47.5 Å². The summed E-state index contributed by atoms with van der Waals surface area (Å²) in [6.45, 7) is 5.29. The van der Waals surface area contributed by atoms with Gasteiger partial charge < -0.3 is 24.6 Å². The van der Waals surface area contributed by atoms with Crippen LogP contribution in [0.4, 0.5) is 5.69 Å². The van der Waals surface area contributed by atoms with Gasteiger partial charge in [0, 0.05) is 13.5 Å². The number of carbonyl (C=O) groups excluding carboxylic acids is 2. The highest BCUT2D eigenvalue weighted by Gasteiger charge is 2.12. The van der Waals surface area contributed by atoms with Crippen LogP contribution in [0.25, 0.3) is 0 Å². The molecule has 144 valence electrons. The highest BCUT2D eigenvalue weighted by atomic mass is 16.6. The molecule has 2 rings (SSSR count). The molecule has 0 aromatic heterocycles. The van der Waals surface area contributed by atoms with Crippen LogP contribution < -0.4 is 14.8 Å². The quantitative estimate of drug-likeness (QED) is 0.417. The molecule has 0 radical (unpaired) electrons. The Balaban J connectivity index is 2.12. The average molecular weight is 373 g/mol. The van der Waals surface area contributed by atoms with Crippen LogP contribution in [-0.2, 0) is 20.9 Å². The Labute approximate surface area is 157 Å². The maximum absolute atomic E-state index is 11.4. The molecule has 0 bridgehead atoms. The lowest BCUT2D eigenvalue weighted by molar-refractivity contribution is -0.145. The van der Waals surface area contributed by atoms with Crippen LogP contribution in [-0.4, -0.2) is 30.3 Å². The summed E-state index contributed by atoms with van der Waals surface area (Å²) in [6.07, 6.45) is 0. The number of esters is 2.